The number of aromatic nitrogens is 1. The van der Waals surface area contributed by atoms with Crippen LogP contribution < -0.4 is 5.32 Å². The molecule has 30 heavy (non-hydrogen) atoms. The quantitative estimate of drug-likeness (QED) is 0.703. The average molecular weight is 403 g/mol. The van der Waals surface area contributed by atoms with Gasteiger partial charge in [0.05, 0.1) is 5.92 Å². The molecule has 154 valence electrons. The largest absolute Gasteiger partial charge is 0.355 e. The lowest BCUT2D eigenvalue weighted by Gasteiger charge is -2.31. The van der Waals surface area contributed by atoms with Gasteiger partial charge in [0.15, 0.2) is 11.5 Å². The van der Waals surface area contributed by atoms with Gasteiger partial charge in [-0.2, -0.15) is 0 Å². The Bertz CT molecular complexity index is 1010. The molecule has 1 atom stereocenters. The molecule has 0 bridgehead atoms. The fourth-order valence-electron chi connectivity index (χ4n) is 3.70. The van der Waals surface area contributed by atoms with Crippen molar-refractivity contribution >= 4 is 11.8 Å². The van der Waals surface area contributed by atoms with E-state index in [1.54, 1.807) is 11.0 Å². The number of nitrogens with one attached hydrogen (secondary N) is 1. The molecule has 2 heterocycles. The number of carbonyl (C=O) groups excluding carboxylic acids is 2. The molecule has 3 aromatic rings. The molecule has 2 aromatic carbocycles. The fourth-order valence-corrected chi connectivity index (χ4v) is 3.70. The van der Waals surface area contributed by atoms with E-state index in [9.17, 15) is 9.59 Å². The van der Waals surface area contributed by atoms with E-state index in [0.29, 0.717) is 25.4 Å². The molecular formula is C24H25N3O3. The van der Waals surface area contributed by atoms with E-state index < -0.39 is 0 Å². The highest BCUT2D eigenvalue weighted by Crippen LogP contribution is 2.23. The van der Waals surface area contributed by atoms with Gasteiger partial charge in [-0.25, -0.2) is 0 Å². The standard InChI is InChI=1S/C24H25N3O3/c1-17-9-11-19(12-10-17)22-14-21(26-30-22)24(29)27-13-5-8-20(16-27)23(28)25-15-18-6-3-2-4-7-18/h2-4,6-7,9-12,14,20H,5,8,13,15-16H2,1H3,(H,25,28)/t20-/m1/s1. The molecule has 1 aliphatic heterocycles. The van der Waals surface area contributed by atoms with E-state index in [4.69, 9.17) is 4.52 Å². The predicted molar refractivity (Wildman–Crippen MR) is 114 cm³/mol. The summed E-state index contributed by atoms with van der Waals surface area (Å²) in [6.45, 7) is 3.52. The Morgan fingerprint density at radius 1 is 1.13 bits per heavy atom. The van der Waals surface area contributed by atoms with E-state index in [-0.39, 0.29) is 23.4 Å². The molecule has 0 unspecified atom stereocenters. The third-order valence-electron chi connectivity index (χ3n) is 5.45. The summed E-state index contributed by atoms with van der Waals surface area (Å²) >= 11 is 0. The Hall–Kier alpha value is -3.41. The lowest BCUT2D eigenvalue weighted by atomic mass is 9.96. The molecule has 1 N–H and O–H groups in total. The maximum Gasteiger partial charge on any atom is 0.276 e. The van der Waals surface area contributed by atoms with Crippen molar-refractivity contribution in [3.8, 4) is 11.3 Å². The van der Waals surface area contributed by atoms with Crippen LogP contribution in [0.25, 0.3) is 11.3 Å². The second-order valence-electron chi connectivity index (χ2n) is 7.74. The van der Waals surface area contributed by atoms with Gasteiger partial charge < -0.3 is 14.7 Å². The lowest BCUT2D eigenvalue weighted by molar-refractivity contribution is -0.126. The van der Waals surface area contributed by atoms with Gasteiger partial charge >= 0.3 is 0 Å². The molecular weight excluding hydrogens is 378 g/mol. The smallest absolute Gasteiger partial charge is 0.276 e. The van der Waals surface area contributed by atoms with Crippen LogP contribution in [0.2, 0.25) is 0 Å². The van der Waals surface area contributed by atoms with Gasteiger partial charge in [-0.1, -0.05) is 65.3 Å². The Labute approximate surface area is 175 Å². The normalized spacial score (nSPS) is 16.3. The van der Waals surface area contributed by atoms with Gasteiger partial charge in [-0.05, 0) is 25.3 Å². The first-order chi connectivity index (χ1) is 14.6. The van der Waals surface area contributed by atoms with Crippen LogP contribution in [-0.4, -0.2) is 35.0 Å². The molecule has 6 nitrogen and oxygen atoms in total. The second-order valence-corrected chi connectivity index (χ2v) is 7.74. The predicted octanol–water partition coefficient (Wildman–Crippen LogP) is 3.82. The zero-order chi connectivity index (χ0) is 20.9. The topological polar surface area (TPSA) is 75.4 Å². The van der Waals surface area contributed by atoms with Gasteiger partial charge in [-0.15, -0.1) is 0 Å². The molecule has 2 amide bonds. The van der Waals surface area contributed by atoms with Crippen LogP contribution in [0.3, 0.4) is 0 Å². The zero-order valence-corrected chi connectivity index (χ0v) is 17.0. The van der Waals surface area contributed by atoms with Crippen LogP contribution in [0, 0.1) is 12.8 Å². The average Bonchev–Trinajstić information content (AvgIpc) is 3.28. The molecule has 0 spiro atoms. The van der Waals surface area contributed by atoms with Gasteiger partial charge in [0, 0.05) is 31.3 Å². The van der Waals surface area contributed by atoms with Crippen molar-refractivity contribution in [3.05, 3.63) is 77.5 Å². The molecule has 6 heteroatoms. The van der Waals surface area contributed by atoms with Crippen molar-refractivity contribution < 1.29 is 14.1 Å². The maximum absolute atomic E-state index is 12.9. The van der Waals surface area contributed by atoms with Crippen LogP contribution in [0.5, 0.6) is 0 Å². The van der Waals surface area contributed by atoms with Crippen molar-refractivity contribution in [1.82, 2.24) is 15.4 Å². The number of nitrogens with zero attached hydrogens (tertiary/aromatic N) is 2. The van der Waals surface area contributed by atoms with E-state index >= 15 is 0 Å². The number of likely N-dealkylation sites (tertiary alicyclic amines) is 1. The summed E-state index contributed by atoms with van der Waals surface area (Å²) in [6.07, 6.45) is 1.57. The number of piperidine rings is 1. The van der Waals surface area contributed by atoms with Gasteiger partial charge in [-0.3, -0.25) is 9.59 Å². The van der Waals surface area contributed by atoms with E-state index in [2.05, 4.69) is 10.5 Å². The first kappa shape index (κ1) is 19.9. The van der Waals surface area contributed by atoms with Crippen LogP contribution in [0.1, 0.15) is 34.5 Å². The van der Waals surface area contributed by atoms with Gasteiger partial charge in [0.25, 0.3) is 5.91 Å². The van der Waals surface area contributed by atoms with E-state index in [0.717, 1.165) is 29.5 Å². The number of hydrogen-bond donors (Lipinski definition) is 1. The summed E-state index contributed by atoms with van der Waals surface area (Å²) in [5.74, 6) is 0.136. The minimum Gasteiger partial charge on any atom is -0.355 e. The number of rotatable bonds is 5. The monoisotopic (exact) mass is 403 g/mol. The summed E-state index contributed by atoms with van der Waals surface area (Å²) in [4.78, 5) is 27.2. The Kier molecular flexibility index (Phi) is 5.93. The number of hydrogen-bond acceptors (Lipinski definition) is 4. The summed E-state index contributed by atoms with van der Waals surface area (Å²) in [5, 5.41) is 6.96. The molecule has 0 radical (unpaired) electrons. The van der Waals surface area contributed by atoms with Crippen LogP contribution in [-0.2, 0) is 11.3 Å². The summed E-state index contributed by atoms with van der Waals surface area (Å²) in [6, 6.07) is 19.3. The SMILES string of the molecule is Cc1ccc(-c2cc(C(=O)N3CCC[C@@H](C(=O)NCc4ccccc4)C3)no2)cc1. The van der Waals surface area contributed by atoms with Gasteiger partial charge in [0.2, 0.25) is 5.91 Å². The number of carbonyl (C=O) groups is 2. The van der Waals surface area contributed by atoms with E-state index in [1.165, 1.54) is 0 Å². The van der Waals surface area contributed by atoms with Crippen molar-refractivity contribution in [3.63, 3.8) is 0 Å². The highest BCUT2D eigenvalue weighted by Gasteiger charge is 2.30. The van der Waals surface area contributed by atoms with Crippen LogP contribution >= 0.6 is 0 Å². The minimum atomic E-state index is -0.213. The number of benzene rings is 2. The lowest BCUT2D eigenvalue weighted by Crippen LogP contribution is -2.45. The summed E-state index contributed by atoms with van der Waals surface area (Å²) < 4.78 is 5.39. The minimum absolute atomic E-state index is 0.0168. The molecule has 4 rings (SSSR count). The van der Waals surface area contributed by atoms with Crippen LogP contribution in [0.15, 0.2) is 65.2 Å². The Morgan fingerprint density at radius 3 is 2.67 bits per heavy atom. The summed E-state index contributed by atoms with van der Waals surface area (Å²) in [5.41, 5.74) is 3.36. The zero-order valence-electron chi connectivity index (χ0n) is 17.0. The highest BCUT2D eigenvalue weighted by molar-refractivity contribution is 5.93. The second kappa shape index (κ2) is 8.95. The van der Waals surface area contributed by atoms with Crippen molar-refractivity contribution in [2.75, 3.05) is 13.1 Å². The first-order valence-corrected chi connectivity index (χ1v) is 10.2. The van der Waals surface area contributed by atoms with Crippen molar-refractivity contribution in [2.45, 2.75) is 26.3 Å². The third-order valence-corrected chi connectivity index (χ3v) is 5.45. The number of amides is 2. The highest BCUT2D eigenvalue weighted by atomic mass is 16.5. The molecule has 1 saturated heterocycles. The Morgan fingerprint density at radius 2 is 1.90 bits per heavy atom. The van der Waals surface area contributed by atoms with E-state index in [1.807, 2.05) is 61.5 Å². The van der Waals surface area contributed by atoms with Crippen molar-refractivity contribution in [2.24, 2.45) is 5.92 Å². The third kappa shape index (κ3) is 4.59. The van der Waals surface area contributed by atoms with Crippen LogP contribution in [0.4, 0.5) is 0 Å². The molecule has 1 aliphatic rings. The first-order valence-electron chi connectivity index (χ1n) is 10.2. The van der Waals surface area contributed by atoms with Crippen molar-refractivity contribution in [1.29, 1.82) is 0 Å². The summed E-state index contributed by atoms with van der Waals surface area (Å²) in [7, 11) is 0. The Balaban J connectivity index is 1.37. The van der Waals surface area contributed by atoms with Gasteiger partial charge in [0.1, 0.15) is 0 Å². The number of aryl methyl sites for hydroxylation is 1. The molecule has 0 aliphatic carbocycles. The fraction of sp³-hybridized carbons (Fsp3) is 0.292. The molecule has 0 saturated carbocycles. The molecule has 1 fully saturated rings. The molecule has 1 aromatic heterocycles. The maximum atomic E-state index is 12.9.